The van der Waals surface area contributed by atoms with Crippen molar-refractivity contribution in [2.45, 2.75) is 20.4 Å². The van der Waals surface area contributed by atoms with Crippen LogP contribution in [0.4, 0.5) is 0 Å². The molecule has 154 valence electrons. The van der Waals surface area contributed by atoms with Gasteiger partial charge in [0.1, 0.15) is 13.2 Å². The molecule has 0 unspecified atom stereocenters. The molecule has 1 N–H and O–H groups in total. The lowest BCUT2D eigenvalue weighted by Gasteiger charge is -2.20. The highest BCUT2D eigenvalue weighted by molar-refractivity contribution is 5.95. The molecule has 0 saturated carbocycles. The Hall–Kier alpha value is -3.61. The Morgan fingerprint density at radius 3 is 2.47 bits per heavy atom. The Kier molecular flexibility index (Phi) is 4.50. The van der Waals surface area contributed by atoms with Gasteiger partial charge in [0.15, 0.2) is 23.0 Å². The van der Waals surface area contributed by atoms with Gasteiger partial charge in [0.05, 0.1) is 5.56 Å². The molecule has 3 aromatic rings. The van der Waals surface area contributed by atoms with E-state index in [1.807, 2.05) is 60.9 Å². The number of aromatic nitrogens is 1. The maximum atomic E-state index is 12.9. The average molecular weight is 406 g/mol. The predicted molar refractivity (Wildman–Crippen MR) is 110 cm³/mol. The van der Waals surface area contributed by atoms with Crippen molar-refractivity contribution < 1.29 is 23.7 Å². The van der Waals surface area contributed by atoms with Crippen molar-refractivity contribution in [1.29, 1.82) is 0 Å². The number of carbonyl (C=O) groups is 1. The van der Waals surface area contributed by atoms with Crippen LogP contribution >= 0.6 is 0 Å². The zero-order chi connectivity index (χ0) is 20.7. The molecule has 0 atom stereocenters. The Labute approximate surface area is 174 Å². The number of ether oxygens (including phenoxy) is 4. The largest absolute Gasteiger partial charge is 0.486 e. The van der Waals surface area contributed by atoms with Crippen LogP contribution in [0.5, 0.6) is 23.0 Å². The van der Waals surface area contributed by atoms with Gasteiger partial charge in [-0.25, -0.2) is 0 Å². The molecule has 1 aromatic heterocycles. The maximum Gasteiger partial charge on any atom is 0.253 e. The molecule has 0 aliphatic carbocycles. The minimum absolute atomic E-state index is 0.121. The topological polar surface area (TPSA) is 71.0 Å². The molecule has 1 amide bonds. The standard InChI is InChI=1S/C23H22N2O5/c1-14-9-18(23(26)24-12-16-3-5-20-21(10-16)30-13-29-20)15(2)25(14)17-4-6-19-22(11-17)28-8-7-27-19/h3-6,9-11H,7-8,12-13H2,1-2H3,(H,24,26). The summed E-state index contributed by atoms with van der Waals surface area (Å²) < 4.78 is 24.1. The zero-order valence-corrected chi connectivity index (χ0v) is 16.9. The SMILES string of the molecule is Cc1cc(C(=O)NCc2ccc3c(c2)OCO3)c(C)n1-c1ccc2c(c1)OCCO2. The number of nitrogens with zero attached hydrogens (tertiary/aromatic N) is 1. The first-order chi connectivity index (χ1) is 14.6. The minimum Gasteiger partial charge on any atom is -0.486 e. The van der Waals surface area contributed by atoms with Gasteiger partial charge in [-0.2, -0.15) is 0 Å². The van der Waals surface area contributed by atoms with Crippen LogP contribution in [0.2, 0.25) is 0 Å². The second-order valence-corrected chi connectivity index (χ2v) is 7.32. The fourth-order valence-corrected chi connectivity index (χ4v) is 3.89. The molecular formula is C23H22N2O5. The van der Waals surface area contributed by atoms with E-state index in [2.05, 4.69) is 5.32 Å². The molecular weight excluding hydrogens is 384 g/mol. The fourth-order valence-electron chi connectivity index (χ4n) is 3.89. The summed E-state index contributed by atoms with van der Waals surface area (Å²) in [5.41, 5.74) is 4.37. The number of nitrogens with one attached hydrogen (secondary N) is 1. The van der Waals surface area contributed by atoms with E-state index in [1.54, 1.807) is 0 Å². The Balaban J connectivity index is 1.36. The van der Waals surface area contributed by atoms with Gasteiger partial charge in [-0.1, -0.05) is 6.07 Å². The Bertz CT molecular complexity index is 1130. The normalized spacial score (nSPS) is 13.9. The van der Waals surface area contributed by atoms with Crippen LogP contribution in [0.15, 0.2) is 42.5 Å². The lowest BCUT2D eigenvalue weighted by atomic mass is 10.2. The van der Waals surface area contributed by atoms with Crippen molar-refractivity contribution in [3.8, 4) is 28.7 Å². The van der Waals surface area contributed by atoms with E-state index < -0.39 is 0 Å². The summed E-state index contributed by atoms with van der Waals surface area (Å²) in [7, 11) is 0. The molecule has 0 radical (unpaired) electrons. The molecule has 2 aliphatic heterocycles. The Morgan fingerprint density at radius 1 is 0.900 bits per heavy atom. The van der Waals surface area contributed by atoms with Crippen molar-refractivity contribution in [3.63, 3.8) is 0 Å². The molecule has 3 heterocycles. The fraction of sp³-hybridized carbons (Fsp3) is 0.261. The number of benzene rings is 2. The molecule has 7 heteroatoms. The molecule has 0 fully saturated rings. The van der Waals surface area contributed by atoms with Crippen molar-refractivity contribution in [3.05, 3.63) is 65.0 Å². The van der Waals surface area contributed by atoms with Gasteiger partial charge in [-0.05, 0) is 49.7 Å². The highest BCUT2D eigenvalue weighted by Gasteiger charge is 2.19. The third-order valence-electron chi connectivity index (χ3n) is 5.35. The lowest BCUT2D eigenvalue weighted by Crippen LogP contribution is -2.23. The van der Waals surface area contributed by atoms with Crippen molar-refractivity contribution in [2.75, 3.05) is 20.0 Å². The summed E-state index contributed by atoms with van der Waals surface area (Å²) in [5, 5.41) is 3.00. The highest BCUT2D eigenvalue weighted by Crippen LogP contribution is 2.34. The van der Waals surface area contributed by atoms with Crippen LogP contribution in [-0.2, 0) is 6.54 Å². The third kappa shape index (κ3) is 3.22. The summed E-state index contributed by atoms with van der Waals surface area (Å²) in [6, 6.07) is 13.4. The predicted octanol–water partition coefficient (Wildman–Crippen LogP) is 3.52. The molecule has 0 spiro atoms. The number of hydrogen-bond donors (Lipinski definition) is 1. The summed E-state index contributed by atoms with van der Waals surface area (Å²) in [6.07, 6.45) is 0. The van der Waals surface area contributed by atoms with Gasteiger partial charge in [0.25, 0.3) is 5.91 Å². The van der Waals surface area contributed by atoms with E-state index in [0.717, 1.165) is 39.9 Å². The third-order valence-corrected chi connectivity index (χ3v) is 5.35. The second-order valence-electron chi connectivity index (χ2n) is 7.32. The monoisotopic (exact) mass is 406 g/mol. The zero-order valence-electron chi connectivity index (χ0n) is 16.9. The van der Waals surface area contributed by atoms with Crippen LogP contribution in [0.3, 0.4) is 0 Å². The maximum absolute atomic E-state index is 12.9. The lowest BCUT2D eigenvalue weighted by molar-refractivity contribution is 0.0950. The van der Waals surface area contributed by atoms with E-state index >= 15 is 0 Å². The van der Waals surface area contributed by atoms with E-state index in [1.165, 1.54) is 0 Å². The van der Waals surface area contributed by atoms with Gasteiger partial charge in [0, 0.05) is 29.7 Å². The highest BCUT2D eigenvalue weighted by atomic mass is 16.7. The summed E-state index contributed by atoms with van der Waals surface area (Å²) >= 11 is 0. The molecule has 2 aliphatic rings. The van der Waals surface area contributed by atoms with Crippen LogP contribution in [0.25, 0.3) is 5.69 Å². The van der Waals surface area contributed by atoms with Crippen molar-refractivity contribution >= 4 is 5.91 Å². The van der Waals surface area contributed by atoms with Crippen molar-refractivity contribution in [1.82, 2.24) is 9.88 Å². The van der Waals surface area contributed by atoms with E-state index in [0.29, 0.717) is 31.1 Å². The molecule has 5 rings (SSSR count). The first kappa shape index (κ1) is 18.4. The summed E-state index contributed by atoms with van der Waals surface area (Å²) in [4.78, 5) is 12.9. The van der Waals surface area contributed by atoms with E-state index in [4.69, 9.17) is 18.9 Å². The van der Waals surface area contributed by atoms with E-state index in [9.17, 15) is 4.79 Å². The molecule has 0 saturated heterocycles. The number of hydrogen-bond acceptors (Lipinski definition) is 5. The number of fused-ring (bicyclic) bond motifs is 2. The van der Waals surface area contributed by atoms with E-state index in [-0.39, 0.29) is 12.7 Å². The van der Waals surface area contributed by atoms with Crippen LogP contribution in [0, 0.1) is 13.8 Å². The first-order valence-electron chi connectivity index (χ1n) is 9.86. The molecule has 2 aromatic carbocycles. The van der Waals surface area contributed by atoms with Gasteiger partial charge < -0.3 is 28.8 Å². The second kappa shape index (κ2) is 7.33. The van der Waals surface area contributed by atoms with Crippen molar-refractivity contribution in [2.24, 2.45) is 0 Å². The smallest absolute Gasteiger partial charge is 0.253 e. The Morgan fingerprint density at radius 2 is 1.60 bits per heavy atom. The first-order valence-corrected chi connectivity index (χ1v) is 9.86. The summed E-state index contributed by atoms with van der Waals surface area (Å²) in [5.74, 6) is 2.78. The quantitative estimate of drug-likeness (QED) is 0.718. The number of amides is 1. The molecule has 0 bridgehead atoms. The minimum atomic E-state index is -0.121. The number of carbonyl (C=O) groups excluding carboxylic acids is 1. The van der Waals surface area contributed by atoms with Gasteiger partial charge in [0.2, 0.25) is 6.79 Å². The average Bonchev–Trinajstić information content (AvgIpc) is 3.35. The van der Waals surface area contributed by atoms with Gasteiger partial charge >= 0.3 is 0 Å². The van der Waals surface area contributed by atoms with Crippen LogP contribution < -0.4 is 24.3 Å². The molecule has 30 heavy (non-hydrogen) atoms. The molecule has 7 nitrogen and oxygen atoms in total. The van der Waals surface area contributed by atoms with Crippen LogP contribution in [0.1, 0.15) is 27.3 Å². The number of rotatable bonds is 4. The summed E-state index contributed by atoms with van der Waals surface area (Å²) in [6.45, 7) is 5.66. The van der Waals surface area contributed by atoms with Gasteiger partial charge in [-0.15, -0.1) is 0 Å². The number of aryl methyl sites for hydroxylation is 1. The van der Waals surface area contributed by atoms with Crippen LogP contribution in [-0.4, -0.2) is 30.5 Å². The van der Waals surface area contributed by atoms with Gasteiger partial charge in [-0.3, -0.25) is 4.79 Å².